The monoisotopic (exact) mass is 536 g/mol. The number of ether oxygens (including phenoxy) is 3. The molecule has 0 unspecified atom stereocenters. The number of Topliss-reactive ketones (excluding diaryl/α,β-unsaturated/α-hetero) is 1. The fourth-order valence-electron chi connectivity index (χ4n) is 5.06. The number of carbonyl (C=O) groups excluding carboxylic acids is 2. The number of nitrogens with zero attached hydrogens (tertiary/aromatic N) is 2. The highest BCUT2D eigenvalue weighted by Crippen LogP contribution is 2.40. The number of rotatable bonds is 11. The Kier molecular flexibility index (Phi) is 9.64. The number of hydrogen-bond donors (Lipinski definition) is 1. The van der Waals surface area contributed by atoms with E-state index in [1.165, 1.54) is 0 Å². The Labute approximate surface area is 231 Å². The zero-order chi connectivity index (χ0) is 27.9. The van der Waals surface area contributed by atoms with Crippen LogP contribution in [0, 0.1) is 12.8 Å². The molecule has 4 rings (SSSR count). The van der Waals surface area contributed by atoms with E-state index in [9.17, 15) is 14.7 Å². The average Bonchev–Trinajstić information content (AvgIpc) is 3.18. The van der Waals surface area contributed by atoms with Crippen LogP contribution < -0.4 is 9.47 Å². The predicted octanol–water partition coefficient (Wildman–Crippen LogP) is 4.57. The third-order valence-corrected chi connectivity index (χ3v) is 7.06. The Morgan fingerprint density at radius 2 is 1.72 bits per heavy atom. The first-order valence-corrected chi connectivity index (χ1v) is 13.8. The van der Waals surface area contributed by atoms with E-state index in [1.54, 1.807) is 17.0 Å². The van der Waals surface area contributed by atoms with Gasteiger partial charge in [-0.25, -0.2) is 0 Å². The molecule has 1 amide bonds. The minimum absolute atomic E-state index is 0.106. The van der Waals surface area contributed by atoms with Crippen LogP contribution in [0.15, 0.2) is 48.0 Å². The van der Waals surface area contributed by atoms with Crippen molar-refractivity contribution >= 4 is 17.4 Å². The highest BCUT2D eigenvalue weighted by Gasteiger charge is 2.46. The molecular formula is C31H40N2O6. The first kappa shape index (κ1) is 28.6. The summed E-state index contributed by atoms with van der Waals surface area (Å²) in [5, 5.41) is 11.5. The molecule has 0 saturated carbocycles. The van der Waals surface area contributed by atoms with E-state index in [2.05, 4.69) is 18.7 Å². The van der Waals surface area contributed by atoms with Gasteiger partial charge in [0.15, 0.2) is 0 Å². The van der Waals surface area contributed by atoms with Gasteiger partial charge in [-0.1, -0.05) is 26.0 Å². The lowest BCUT2D eigenvalue weighted by Crippen LogP contribution is -2.38. The summed E-state index contributed by atoms with van der Waals surface area (Å²) in [6, 6.07) is 12.1. The van der Waals surface area contributed by atoms with Gasteiger partial charge in [-0.2, -0.15) is 0 Å². The van der Waals surface area contributed by atoms with Crippen molar-refractivity contribution in [2.24, 2.45) is 5.92 Å². The summed E-state index contributed by atoms with van der Waals surface area (Å²) in [5.74, 6) is 0.356. The fourth-order valence-corrected chi connectivity index (χ4v) is 5.06. The van der Waals surface area contributed by atoms with Crippen molar-refractivity contribution in [2.75, 3.05) is 52.6 Å². The van der Waals surface area contributed by atoms with Gasteiger partial charge >= 0.3 is 0 Å². The molecule has 0 radical (unpaired) electrons. The number of amides is 1. The SMILES string of the molecule is CCOc1ccc([C@H]2C(=C(O)c3ccc(OCC(C)C)cc3C)C(=O)C(=O)N2CCCN2CCOCC2)cc1. The smallest absolute Gasteiger partial charge is 0.295 e. The second kappa shape index (κ2) is 13.1. The number of aliphatic hydroxyl groups is 1. The van der Waals surface area contributed by atoms with E-state index in [1.807, 2.05) is 44.2 Å². The topological polar surface area (TPSA) is 88.5 Å². The van der Waals surface area contributed by atoms with E-state index >= 15 is 0 Å². The third-order valence-electron chi connectivity index (χ3n) is 7.06. The largest absolute Gasteiger partial charge is 0.507 e. The van der Waals surface area contributed by atoms with E-state index < -0.39 is 17.7 Å². The molecule has 210 valence electrons. The van der Waals surface area contributed by atoms with Gasteiger partial charge in [-0.3, -0.25) is 14.5 Å². The van der Waals surface area contributed by atoms with Crippen molar-refractivity contribution in [1.29, 1.82) is 0 Å². The Morgan fingerprint density at radius 1 is 1.03 bits per heavy atom. The molecule has 0 aromatic heterocycles. The zero-order valence-corrected chi connectivity index (χ0v) is 23.4. The van der Waals surface area contributed by atoms with Crippen LogP contribution in [0.3, 0.4) is 0 Å². The van der Waals surface area contributed by atoms with Gasteiger partial charge in [0.1, 0.15) is 17.3 Å². The summed E-state index contributed by atoms with van der Waals surface area (Å²) in [5.41, 5.74) is 2.13. The molecule has 1 atom stereocenters. The van der Waals surface area contributed by atoms with Crippen LogP contribution in [0.5, 0.6) is 11.5 Å². The van der Waals surface area contributed by atoms with Gasteiger partial charge in [0, 0.05) is 31.7 Å². The number of ketones is 1. The molecule has 2 aliphatic rings. The number of morpholine rings is 1. The third kappa shape index (κ3) is 6.81. The lowest BCUT2D eigenvalue weighted by Gasteiger charge is -2.29. The Balaban J connectivity index is 1.66. The molecule has 0 bridgehead atoms. The van der Waals surface area contributed by atoms with E-state index in [-0.39, 0.29) is 11.3 Å². The van der Waals surface area contributed by atoms with Crippen LogP contribution in [0.4, 0.5) is 0 Å². The van der Waals surface area contributed by atoms with Gasteiger partial charge in [-0.15, -0.1) is 0 Å². The summed E-state index contributed by atoms with van der Waals surface area (Å²) in [4.78, 5) is 30.6. The number of benzene rings is 2. The van der Waals surface area contributed by atoms with Crippen LogP contribution in [0.1, 0.15) is 49.9 Å². The molecule has 2 saturated heterocycles. The number of aryl methyl sites for hydroxylation is 1. The van der Waals surface area contributed by atoms with Gasteiger partial charge in [0.25, 0.3) is 11.7 Å². The van der Waals surface area contributed by atoms with Gasteiger partial charge < -0.3 is 24.2 Å². The van der Waals surface area contributed by atoms with Crippen molar-refractivity contribution < 1.29 is 28.9 Å². The minimum atomic E-state index is -0.693. The highest BCUT2D eigenvalue weighted by molar-refractivity contribution is 6.46. The maximum absolute atomic E-state index is 13.4. The maximum atomic E-state index is 13.4. The van der Waals surface area contributed by atoms with Crippen LogP contribution in [-0.2, 0) is 14.3 Å². The van der Waals surface area contributed by atoms with E-state index in [0.717, 1.165) is 30.8 Å². The summed E-state index contributed by atoms with van der Waals surface area (Å²) < 4.78 is 16.9. The van der Waals surface area contributed by atoms with Crippen LogP contribution in [-0.4, -0.2) is 79.2 Å². The van der Waals surface area contributed by atoms with Gasteiger partial charge in [-0.05, 0) is 67.6 Å². The van der Waals surface area contributed by atoms with Crippen molar-refractivity contribution in [2.45, 2.75) is 40.2 Å². The lowest BCUT2D eigenvalue weighted by molar-refractivity contribution is -0.140. The molecule has 2 fully saturated rings. The second-order valence-corrected chi connectivity index (χ2v) is 10.5. The van der Waals surface area contributed by atoms with E-state index in [4.69, 9.17) is 14.2 Å². The summed E-state index contributed by atoms with van der Waals surface area (Å²) in [7, 11) is 0. The Bertz CT molecular complexity index is 1180. The molecule has 39 heavy (non-hydrogen) atoms. The minimum Gasteiger partial charge on any atom is -0.507 e. The first-order chi connectivity index (χ1) is 18.8. The van der Waals surface area contributed by atoms with E-state index in [0.29, 0.717) is 62.4 Å². The normalized spacial score (nSPS) is 19.6. The first-order valence-electron chi connectivity index (χ1n) is 13.8. The lowest BCUT2D eigenvalue weighted by atomic mass is 9.93. The molecular weight excluding hydrogens is 496 g/mol. The van der Waals surface area contributed by atoms with Crippen molar-refractivity contribution in [3.63, 3.8) is 0 Å². The molecule has 2 heterocycles. The average molecular weight is 537 g/mol. The van der Waals surface area contributed by atoms with Crippen LogP contribution in [0.2, 0.25) is 0 Å². The fraction of sp³-hybridized carbons (Fsp3) is 0.484. The Morgan fingerprint density at radius 3 is 2.36 bits per heavy atom. The van der Waals surface area contributed by atoms with Gasteiger partial charge in [0.2, 0.25) is 0 Å². The van der Waals surface area contributed by atoms with Crippen LogP contribution >= 0.6 is 0 Å². The van der Waals surface area contributed by atoms with Gasteiger partial charge in [0.05, 0.1) is 38.0 Å². The number of carbonyl (C=O) groups is 2. The second-order valence-electron chi connectivity index (χ2n) is 10.5. The molecule has 1 N–H and O–H groups in total. The zero-order valence-electron chi connectivity index (χ0n) is 23.4. The summed E-state index contributed by atoms with van der Waals surface area (Å²) >= 11 is 0. The van der Waals surface area contributed by atoms with Crippen LogP contribution in [0.25, 0.3) is 5.76 Å². The predicted molar refractivity (Wildman–Crippen MR) is 150 cm³/mol. The molecule has 8 heteroatoms. The van der Waals surface area contributed by atoms with Crippen molar-refractivity contribution in [1.82, 2.24) is 9.80 Å². The quantitative estimate of drug-likeness (QED) is 0.256. The maximum Gasteiger partial charge on any atom is 0.295 e. The molecule has 0 aliphatic carbocycles. The molecule has 0 spiro atoms. The summed E-state index contributed by atoms with van der Waals surface area (Å²) in [6.45, 7) is 13.4. The molecule has 2 aliphatic heterocycles. The van der Waals surface area contributed by atoms with Crippen molar-refractivity contribution in [3.05, 3.63) is 64.7 Å². The Hall–Kier alpha value is -3.36. The van der Waals surface area contributed by atoms with Crippen molar-refractivity contribution in [3.8, 4) is 11.5 Å². The molecule has 2 aromatic rings. The number of aliphatic hydroxyl groups excluding tert-OH is 1. The summed E-state index contributed by atoms with van der Waals surface area (Å²) in [6.07, 6.45) is 0.710. The standard InChI is InChI=1S/C31H40N2O6/c1-5-38-24-9-7-23(8-10-24)28-27(29(34)26-12-11-25(19-22(26)4)39-20-21(2)3)30(35)31(36)33(28)14-6-13-32-15-17-37-18-16-32/h7-12,19,21,28,34H,5-6,13-18,20H2,1-4H3/t28-/m0/s1. The number of hydrogen-bond acceptors (Lipinski definition) is 7. The molecule has 8 nitrogen and oxygen atoms in total. The highest BCUT2D eigenvalue weighted by atomic mass is 16.5. The molecule has 2 aromatic carbocycles. The number of likely N-dealkylation sites (tertiary alicyclic amines) is 1.